The van der Waals surface area contributed by atoms with E-state index in [9.17, 15) is 4.79 Å². The van der Waals surface area contributed by atoms with Crippen molar-refractivity contribution < 1.29 is 9.53 Å². The van der Waals surface area contributed by atoms with Gasteiger partial charge in [0.05, 0.1) is 0 Å². The van der Waals surface area contributed by atoms with Crippen LogP contribution in [0, 0.1) is 6.92 Å². The highest BCUT2D eigenvalue weighted by atomic mass is 16.5. The number of ether oxygens (including phenoxy) is 1. The van der Waals surface area contributed by atoms with Crippen molar-refractivity contribution in [1.82, 2.24) is 15.3 Å². The van der Waals surface area contributed by atoms with E-state index in [1.807, 2.05) is 74.4 Å². The molecule has 0 spiro atoms. The highest BCUT2D eigenvalue weighted by Gasteiger charge is 2.23. The van der Waals surface area contributed by atoms with Crippen LogP contribution in [0.4, 0.5) is 11.6 Å². The van der Waals surface area contributed by atoms with E-state index in [1.165, 1.54) is 0 Å². The molecular formula is C26H31N5O2. The normalized spacial score (nSPS) is 17.8. The van der Waals surface area contributed by atoms with E-state index in [4.69, 9.17) is 4.74 Å². The molecule has 172 valence electrons. The van der Waals surface area contributed by atoms with E-state index < -0.39 is 0 Å². The third-order valence-electron chi connectivity index (χ3n) is 5.79. The molecule has 0 aliphatic heterocycles. The monoisotopic (exact) mass is 445 g/mol. The van der Waals surface area contributed by atoms with Crippen molar-refractivity contribution in [2.75, 3.05) is 24.3 Å². The predicted octanol–water partition coefficient (Wildman–Crippen LogP) is 4.80. The number of para-hydroxylation sites is 1. The highest BCUT2D eigenvalue weighted by molar-refractivity contribution is 5.94. The number of amides is 1. The second kappa shape index (κ2) is 10.3. The molecular weight excluding hydrogens is 414 g/mol. The van der Waals surface area contributed by atoms with Crippen LogP contribution in [0.5, 0.6) is 11.5 Å². The topological polar surface area (TPSA) is 79.4 Å². The highest BCUT2D eigenvalue weighted by Crippen LogP contribution is 2.24. The molecule has 1 aliphatic carbocycles. The first-order valence-corrected chi connectivity index (χ1v) is 11.4. The molecule has 0 saturated heterocycles. The summed E-state index contributed by atoms with van der Waals surface area (Å²) in [7, 11) is 3.95. The first kappa shape index (κ1) is 22.6. The quantitative estimate of drug-likeness (QED) is 0.544. The SMILES string of the molecule is Cc1nc(NC2CCC(NC(=O)c3ccc(Oc4ccccc4)cc3)CC2)cc(N(C)C)n1. The van der Waals surface area contributed by atoms with Gasteiger partial charge in [-0.05, 0) is 69.0 Å². The number of anilines is 2. The molecule has 0 atom stereocenters. The molecule has 7 heteroatoms. The van der Waals surface area contributed by atoms with Gasteiger partial charge in [0, 0.05) is 37.8 Å². The van der Waals surface area contributed by atoms with Crippen LogP contribution in [0.25, 0.3) is 0 Å². The van der Waals surface area contributed by atoms with Gasteiger partial charge < -0.3 is 20.3 Å². The maximum atomic E-state index is 12.7. The number of carbonyl (C=O) groups is 1. The Morgan fingerprint density at radius 3 is 2.21 bits per heavy atom. The van der Waals surface area contributed by atoms with E-state index in [1.54, 1.807) is 12.1 Å². The summed E-state index contributed by atoms with van der Waals surface area (Å²) in [6.07, 6.45) is 3.83. The fourth-order valence-electron chi connectivity index (χ4n) is 4.01. The van der Waals surface area contributed by atoms with Gasteiger partial charge in [0.2, 0.25) is 0 Å². The molecule has 4 rings (SSSR count). The molecule has 0 radical (unpaired) electrons. The van der Waals surface area contributed by atoms with Crippen molar-refractivity contribution in [1.29, 1.82) is 0 Å². The zero-order chi connectivity index (χ0) is 23.2. The average Bonchev–Trinajstić information content (AvgIpc) is 2.81. The summed E-state index contributed by atoms with van der Waals surface area (Å²) in [5, 5.41) is 6.73. The molecule has 3 aromatic rings. The van der Waals surface area contributed by atoms with Crippen LogP contribution < -0.4 is 20.3 Å². The molecule has 2 aromatic carbocycles. The van der Waals surface area contributed by atoms with Gasteiger partial charge in [-0.2, -0.15) is 0 Å². The summed E-state index contributed by atoms with van der Waals surface area (Å²) in [5.74, 6) is 3.95. The Morgan fingerprint density at radius 1 is 0.909 bits per heavy atom. The number of nitrogens with one attached hydrogen (secondary N) is 2. The second-order valence-corrected chi connectivity index (χ2v) is 8.66. The lowest BCUT2D eigenvalue weighted by Gasteiger charge is -2.30. The van der Waals surface area contributed by atoms with Gasteiger partial charge in [-0.15, -0.1) is 0 Å². The van der Waals surface area contributed by atoms with Crippen molar-refractivity contribution in [2.24, 2.45) is 0 Å². The zero-order valence-electron chi connectivity index (χ0n) is 19.4. The Balaban J connectivity index is 1.26. The van der Waals surface area contributed by atoms with Gasteiger partial charge >= 0.3 is 0 Å². The van der Waals surface area contributed by atoms with Crippen LogP contribution >= 0.6 is 0 Å². The number of hydrogen-bond acceptors (Lipinski definition) is 6. The van der Waals surface area contributed by atoms with Crippen LogP contribution in [-0.4, -0.2) is 42.1 Å². The second-order valence-electron chi connectivity index (χ2n) is 8.66. The standard InChI is InChI=1S/C26H31N5O2/c1-18-27-24(17-25(28-18)31(2)3)29-20-11-13-21(14-12-20)30-26(32)19-9-15-23(16-10-19)33-22-7-5-4-6-8-22/h4-10,15-17,20-21H,11-14H2,1-3H3,(H,30,32)(H,27,28,29). The van der Waals surface area contributed by atoms with E-state index in [2.05, 4.69) is 20.6 Å². The Morgan fingerprint density at radius 2 is 1.55 bits per heavy atom. The number of carbonyl (C=O) groups excluding carboxylic acids is 1. The number of nitrogens with zero attached hydrogens (tertiary/aromatic N) is 3. The molecule has 1 heterocycles. The molecule has 33 heavy (non-hydrogen) atoms. The summed E-state index contributed by atoms with van der Waals surface area (Å²) >= 11 is 0. The van der Waals surface area contributed by atoms with Crippen molar-refractivity contribution in [3.63, 3.8) is 0 Å². The third-order valence-corrected chi connectivity index (χ3v) is 5.79. The van der Waals surface area contributed by atoms with E-state index in [0.29, 0.717) is 17.4 Å². The summed E-state index contributed by atoms with van der Waals surface area (Å²) in [5.41, 5.74) is 0.642. The maximum Gasteiger partial charge on any atom is 0.251 e. The van der Waals surface area contributed by atoms with Crippen molar-refractivity contribution >= 4 is 17.5 Å². The van der Waals surface area contributed by atoms with Crippen molar-refractivity contribution in [3.05, 3.63) is 72.1 Å². The van der Waals surface area contributed by atoms with Gasteiger partial charge in [0.1, 0.15) is 29.0 Å². The summed E-state index contributed by atoms with van der Waals surface area (Å²) in [4.78, 5) is 23.7. The predicted molar refractivity (Wildman–Crippen MR) is 131 cm³/mol. The molecule has 1 aromatic heterocycles. The number of benzene rings is 2. The minimum Gasteiger partial charge on any atom is -0.457 e. The minimum absolute atomic E-state index is 0.0419. The van der Waals surface area contributed by atoms with Gasteiger partial charge in [-0.25, -0.2) is 9.97 Å². The smallest absolute Gasteiger partial charge is 0.251 e. The molecule has 1 saturated carbocycles. The lowest BCUT2D eigenvalue weighted by atomic mass is 9.91. The number of rotatable bonds is 7. The molecule has 1 amide bonds. The van der Waals surface area contributed by atoms with Crippen molar-refractivity contribution in [2.45, 2.75) is 44.7 Å². The Hall–Kier alpha value is -3.61. The Bertz CT molecular complexity index is 1060. The summed E-state index contributed by atoms with van der Waals surface area (Å²) in [6.45, 7) is 1.91. The zero-order valence-corrected chi connectivity index (χ0v) is 19.4. The Labute approximate surface area is 195 Å². The van der Waals surface area contributed by atoms with Crippen LogP contribution in [0.15, 0.2) is 60.7 Å². The van der Waals surface area contributed by atoms with Crippen molar-refractivity contribution in [3.8, 4) is 11.5 Å². The number of aryl methyl sites for hydroxylation is 1. The maximum absolute atomic E-state index is 12.7. The van der Waals surface area contributed by atoms with Crippen LogP contribution in [-0.2, 0) is 0 Å². The van der Waals surface area contributed by atoms with E-state index in [-0.39, 0.29) is 11.9 Å². The first-order valence-electron chi connectivity index (χ1n) is 11.4. The summed E-state index contributed by atoms with van der Waals surface area (Å²) in [6, 6.07) is 19.4. The molecule has 1 aliphatic rings. The fourth-order valence-corrected chi connectivity index (χ4v) is 4.01. The lowest BCUT2D eigenvalue weighted by molar-refractivity contribution is 0.0926. The largest absolute Gasteiger partial charge is 0.457 e. The van der Waals surface area contributed by atoms with Gasteiger partial charge in [0.15, 0.2) is 0 Å². The Kier molecular flexibility index (Phi) is 7.07. The van der Waals surface area contributed by atoms with E-state index >= 15 is 0 Å². The van der Waals surface area contributed by atoms with Crippen LogP contribution in [0.2, 0.25) is 0 Å². The molecule has 0 unspecified atom stereocenters. The van der Waals surface area contributed by atoms with E-state index in [0.717, 1.165) is 48.9 Å². The van der Waals surface area contributed by atoms with Crippen LogP contribution in [0.1, 0.15) is 41.9 Å². The number of hydrogen-bond donors (Lipinski definition) is 2. The van der Waals surface area contributed by atoms with Gasteiger partial charge in [0.25, 0.3) is 5.91 Å². The molecule has 1 fully saturated rings. The third kappa shape index (κ3) is 6.22. The molecule has 7 nitrogen and oxygen atoms in total. The number of aromatic nitrogens is 2. The molecule has 2 N–H and O–H groups in total. The minimum atomic E-state index is -0.0419. The fraction of sp³-hybridized carbons (Fsp3) is 0.346. The summed E-state index contributed by atoms with van der Waals surface area (Å²) < 4.78 is 5.80. The first-order chi connectivity index (χ1) is 16.0. The lowest BCUT2D eigenvalue weighted by Crippen LogP contribution is -2.40. The van der Waals surface area contributed by atoms with Gasteiger partial charge in [-0.3, -0.25) is 4.79 Å². The average molecular weight is 446 g/mol. The molecule has 0 bridgehead atoms. The van der Waals surface area contributed by atoms with Crippen LogP contribution in [0.3, 0.4) is 0 Å². The van der Waals surface area contributed by atoms with Gasteiger partial charge in [-0.1, -0.05) is 18.2 Å².